The van der Waals surface area contributed by atoms with Gasteiger partial charge in [0.2, 0.25) is 6.04 Å². The fourth-order valence-electron chi connectivity index (χ4n) is 0.944. The molecule has 0 fully saturated rings. The number of carbonyl (C=O) groups excluding carboxylic acids is 2. The van der Waals surface area contributed by atoms with Crippen molar-refractivity contribution in [1.82, 2.24) is 0 Å². The van der Waals surface area contributed by atoms with Crippen molar-refractivity contribution in [1.29, 1.82) is 0 Å². The van der Waals surface area contributed by atoms with Crippen molar-refractivity contribution in [3.63, 3.8) is 0 Å². The van der Waals surface area contributed by atoms with Crippen molar-refractivity contribution in [2.75, 3.05) is 7.11 Å². The Morgan fingerprint density at radius 3 is 2.40 bits per heavy atom. The number of rotatable bonds is 7. The van der Waals surface area contributed by atoms with Crippen LogP contribution in [0.2, 0.25) is 0 Å². The van der Waals surface area contributed by atoms with E-state index in [1.165, 1.54) is 14.0 Å². The van der Waals surface area contributed by atoms with Crippen molar-refractivity contribution >= 4 is 11.8 Å². The Kier molecular flexibility index (Phi) is 6.24. The molecule has 0 aromatic heterocycles. The predicted molar refractivity (Wildman–Crippen MR) is 51.9 cm³/mol. The van der Waals surface area contributed by atoms with Crippen LogP contribution < -0.4 is 0 Å². The first-order valence-corrected chi connectivity index (χ1v) is 4.69. The minimum absolute atomic E-state index is 0.0438. The molecule has 1 unspecified atom stereocenters. The topological polar surface area (TPSA) is 86.5 Å². The molecule has 0 rings (SSSR count). The molecule has 6 nitrogen and oxygen atoms in total. The second-order valence-corrected chi connectivity index (χ2v) is 3.29. The quantitative estimate of drug-likeness (QED) is 0.360. The third-order valence-corrected chi connectivity index (χ3v) is 2.04. The highest BCUT2D eigenvalue weighted by molar-refractivity contribution is 5.82. The Morgan fingerprint density at radius 2 is 1.93 bits per heavy atom. The Balaban J connectivity index is 3.66. The SMILES string of the molecule is COC(=O)CCC(=O)CCC(C)[N+](=O)[O-]. The zero-order valence-corrected chi connectivity index (χ0v) is 8.89. The van der Waals surface area contributed by atoms with Crippen LogP contribution in [0.1, 0.15) is 32.6 Å². The molecule has 0 saturated carbocycles. The third-order valence-electron chi connectivity index (χ3n) is 2.04. The Labute approximate surface area is 87.7 Å². The van der Waals surface area contributed by atoms with Crippen molar-refractivity contribution in [3.05, 3.63) is 10.1 Å². The van der Waals surface area contributed by atoms with E-state index in [-0.39, 0.29) is 31.5 Å². The van der Waals surface area contributed by atoms with Gasteiger partial charge in [0.15, 0.2) is 0 Å². The Bertz CT molecular complexity index is 251. The third kappa shape index (κ3) is 6.59. The van der Waals surface area contributed by atoms with Gasteiger partial charge in [-0.2, -0.15) is 0 Å². The van der Waals surface area contributed by atoms with Gasteiger partial charge in [0.1, 0.15) is 5.78 Å². The smallest absolute Gasteiger partial charge is 0.305 e. The summed E-state index contributed by atoms with van der Waals surface area (Å²) in [5, 5.41) is 10.2. The molecular weight excluding hydrogens is 202 g/mol. The lowest BCUT2D eigenvalue weighted by Crippen LogP contribution is -2.16. The number of hydrogen-bond acceptors (Lipinski definition) is 5. The first-order valence-electron chi connectivity index (χ1n) is 4.69. The average molecular weight is 217 g/mol. The van der Waals surface area contributed by atoms with Crippen molar-refractivity contribution in [3.8, 4) is 0 Å². The van der Waals surface area contributed by atoms with Crippen molar-refractivity contribution in [2.45, 2.75) is 38.6 Å². The number of ether oxygens (including phenoxy) is 1. The van der Waals surface area contributed by atoms with E-state index in [1.807, 2.05) is 0 Å². The molecular formula is C9H15NO5. The van der Waals surface area contributed by atoms with E-state index < -0.39 is 16.9 Å². The minimum Gasteiger partial charge on any atom is -0.469 e. The van der Waals surface area contributed by atoms with Crippen LogP contribution in [0.25, 0.3) is 0 Å². The van der Waals surface area contributed by atoms with Gasteiger partial charge in [-0.25, -0.2) is 0 Å². The first kappa shape index (κ1) is 13.5. The van der Waals surface area contributed by atoms with Crippen LogP contribution in [0, 0.1) is 10.1 Å². The van der Waals surface area contributed by atoms with E-state index in [0.717, 1.165) is 0 Å². The molecule has 15 heavy (non-hydrogen) atoms. The maximum Gasteiger partial charge on any atom is 0.305 e. The molecule has 86 valence electrons. The highest BCUT2D eigenvalue weighted by atomic mass is 16.6. The van der Waals surface area contributed by atoms with Crippen LogP contribution in [0.4, 0.5) is 0 Å². The molecule has 1 atom stereocenters. The van der Waals surface area contributed by atoms with Crippen LogP contribution in [0.5, 0.6) is 0 Å². The fraction of sp³-hybridized carbons (Fsp3) is 0.778. The molecule has 0 saturated heterocycles. The molecule has 0 aliphatic heterocycles. The summed E-state index contributed by atoms with van der Waals surface area (Å²) in [4.78, 5) is 31.7. The molecule has 0 heterocycles. The highest BCUT2D eigenvalue weighted by Gasteiger charge is 2.15. The number of nitrogens with zero attached hydrogens (tertiary/aromatic N) is 1. The first-order chi connectivity index (χ1) is 6.97. The number of nitro groups is 1. The molecule has 0 aromatic rings. The van der Waals surface area contributed by atoms with Crippen LogP contribution in [-0.2, 0) is 14.3 Å². The van der Waals surface area contributed by atoms with Crippen molar-refractivity contribution in [2.24, 2.45) is 0 Å². The summed E-state index contributed by atoms with van der Waals surface area (Å²) in [6.07, 6.45) is 0.492. The van der Waals surface area contributed by atoms with E-state index in [0.29, 0.717) is 0 Å². The average Bonchev–Trinajstić information content (AvgIpc) is 2.21. The molecule has 0 amide bonds. The van der Waals surface area contributed by atoms with Gasteiger partial charge in [-0.05, 0) is 0 Å². The molecule has 0 aromatic carbocycles. The number of esters is 1. The van der Waals surface area contributed by atoms with Gasteiger partial charge in [0.05, 0.1) is 13.5 Å². The van der Waals surface area contributed by atoms with Crippen LogP contribution in [0.3, 0.4) is 0 Å². The summed E-state index contributed by atoms with van der Waals surface area (Å²) in [6, 6.07) is -0.716. The van der Waals surface area contributed by atoms with Crippen molar-refractivity contribution < 1.29 is 19.2 Å². The summed E-state index contributed by atoms with van der Waals surface area (Å²) in [7, 11) is 1.25. The molecule has 0 N–H and O–H groups in total. The maximum absolute atomic E-state index is 11.2. The van der Waals surface area contributed by atoms with E-state index in [1.54, 1.807) is 0 Å². The van der Waals surface area contributed by atoms with Gasteiger partial charge in [-0.15, -0.1) is 0 Å². The summed E-state index contributed by atoms with van der Waals surface area (Å²) in [6.45, 7) is 1.45. The molecule has 0 bridgehead atoms. The van der Waals surface area contributed by atoms with Gasteiger partial charge < -0.3 is 4.74 Å². The summed E-state index contributed by atoms with van der Waals surface area (Å²) in [5.41, 5.74) is 0. The lowest BCUT2D eigenvalue weighted by Gasteiger charge is -2.02. The lowest BCUT2D eigenvalue weighted by atomic mass is 10.1. The predicted octanol–water partition coefficient (Wildman–Crippen LogP) is 0.954. The number of methoxy groups -OCH3 is 1. The van der Waals surface area contributed by atoms with Gasteiger partial charge in [-0.1, -0.05) is 0 Å². The maximum atomic E-state index is 11.2. The largest absolute Gasteiger partial charge is 0.469 e. The van der Waals surface area contributed by atoms with E-state index in [4.69, 9.17) is 0 Å². The van der Waals surface area contributed by atoms with E-state index in [2.05, 4.69) is 4.74 Å². The van der Waals surface area contributed by atoms with Crippen LogP contribution in [-0.4, -0.2) is 29.8 Å². The van der Waals surface area contributed by atoms with Gasteiger partial charge in [-0.3, -0.25) is 19.7 Å². The monoisotopic (exact) mass is 217 g/mol. The Morgan fingerprint density at radius 1 is 1.33 bits per heavy atom. The zero-order chi connectivity index (χ0) is 11.8. The summed E-state index contributed by atoms with van der Waals surface area (Å²) >= 11 is 0. The summed E-state index contributed by atoms with van der Waals surface area (Å²) < 4.78 is 4.37. The molecule has 6 heteroatoms. The van der Waals surface area contributed by atoms with E-state index in [9.17, 15) is 19.7 Å². The number of ketones is 1. The number of Topliss-reactive ketones (excluding diaryl/α,β-unsaturated/α-hetero) is 1. The number of carbonyl (C=O) groups is 2. The van der Waals surface area contributed by atoms with Crippen LogP contribution in [0.15, 0.2) is 0 Å². The fourth-order valence-corrected chi connectivity index (χ4v) is 0.944. The second-order valence-electron chi connectivity index (χ2n) is 3.29. The molecule has 0 aliphatic carbocycles. The summed E-state index contributed by atoms with van der Waals surface area (Å²) in [5.74, 6) is -0.584. The minimum atomic E-state index is -0.716. The standard InChI is InChI=1S/C9H15NO5/c1-7(10(13)14)3-4-8(11)5-6-9(12)15-2/h7H,3-6H2,1-2H3. The van der Waals surface area contributed by atoms with Gasteiger partial charge >= 0.3 is 5.97 Å². The number of hydrogen-bond donors (Lipinski definition) is 0. The van der Waals surface area contributed by atoms with Gasteiger partial charge in [0, 0.05) is 31.1 Å². The highest BCUT2D eigenvalue weighted by Crippen LogP contribution is 2.04. The lowest BCUT2D eigenvalue weighted by molar-refractivity contribution is -0.518. The normalized spacial score (nSPS) is 11.9. The second kappa shape index (κ2) is 6.92. The molecule has 0 radical (unpaired) electrons. The Hall–Kier alpha value is -1.46. The zero-order valence-electron chi connectivity index (χ0n) is 8.89. The molecule has 0 aliphatic rings. The molecule has 0 spiro atoms. The van der Waals surface area contributed by atoms with Crippen LogP contribution >= 0.6 is 0 Å². The van der Waals surface area contributed by atoms with E-state index >= 15 is 0 Å². The van der Waals surface area contributed by atoms with Gasteiger partial charge in [0.25, 0.3) is 0 Å².